The maximum absolute atomic E-state index is 11.5. The van der Waals surface area contributed by atoms with Crippen LogP contribution in [0.1, 0.15) is 16.1 Å². The minimum atomic E-state index is -1.02. The van der Waals surface area contributed by atoms with Crippen LogP contribution in [0.15, 0.2) is 54.6 Å². The van der Waals surface area contributed by atoms with E-state index in [4.69, 9.17) is 4.74 Å². The first-order valence-corrected chi connectivity index (χ1v) is 7.13. The third kappa shape index (κ3) is 2.94. The number of nitrogens with zero attached hydrogens (tertiary/aromatic N) is 2. The highest BCUT2D eigenvalue weighted by molar-refractivity contribution is 5.88. The average Bonchev–Trinajstić information content (AvgIpc) is 3.01. The number of rotatable bonds is 4. The van der Waals surface area contributed by atoms with Gasteiger partial charge in [-0.15, -0.1) is 0 Å². The minimum Gasteiger partial charge on any atom is -0.497 e. The zero-order chi connectivity index (χ0) is 16.4. The summed E-state index contributed by atoms with van der Waals surface area (Å²) in [6.07, 6.45) is 0. The van der Waals surface area contributed by atoms with Crippen molar-refractivity contribution in [2.45, 2.75) is 6.92 Å². The van der Waals surface area contributed by atoms with Crippen LogP contribution in [0.4, 0.5) is 0 Å². The number of methoxy groups -OCH3 is 1. The van der Waals surface area contributed by atoms with Crippen LogP contribution in [-0.2, 0) is 0 Å². The molecule has 0 unspecified atom stereocenters. The largest absolute Gasteiger partial charge is 0.497 e. The molecule has 3 aromatic rings. The molecule has 0 aliphatic carbocycles. The van der Waals surface area contributed by atoms with Crippen molar-refractivity contribution in [2.75, 3.05) is 7.11 Å². The fourth-order valence-corrected chi connectivity index (χ4v) is 2.34. The summed E-state index contributed by atoms with van der Waals surface area (Å²) in [5, 5.41) is 13.9. The second-order valence-corrected chi connectivity index (χ2v) is 5.20. The molecule has 0 saturated heterocycles. The first kappa shape index (κ1) is 14.8. The molecule has 5 heteroatoms. The number of aromatic carboxylic acids is 1. The van der Waals surface area contributed by atoms with Gasteiger partial charge in [0.15, 0.2) is 5.69 Å². The predicted molar refractivity (Wildman–Crippen MR) is 87.2 cm³/mol. The Morgan fingerprint density at radius 1 is 1.13 bits per heavy atom. The molecule has 116 valence electrons. The predicted octanol–water partition coefficient (Wildman–Crippen LogP) is 3.55. The SMILES string of the molecule is COc1cccc(-c2cc(C(=O)O)n(-c3ccc(C)cc3)n2)c1. The molecule has 1 aromatic heterocycles. The molecule has 0 radical (unpaired) electrons. The summed E-state index contributed by atoms with van der Waals surface area (Å²) >= 11 is 0. The normalized spacial score (nSPS) is 10.5. The zero-order valence-corrected chi connectivity index (χ0v) is 12.9. The Balaban J connectivity index is 2.12. The van der Waals surface area contributed by atoms with E-state index in [1.54, 1.807) is 13.2 Å². The number of ether oxygens (including phenoxy) is 1. The average molecular weight is 308 g/mol. The molecule has 2 aromatic carbocycles. The fraction of sp³-hybridized carbons (Fsp3) is 0.111. The van der Waals surface area contributed by atoms with E-state index < -0.39 is 5.97 Å². The maximum atomic E-state index is 11.5. The molecule has 0 saturated carbocycles. The van der Waals surface area contributed by atoms with E-state index in [1.807, 2.05) is 55.5 Å². The van der Waals surface area contributed by atoms with Crippen LogP contribution in [-0.4, -0.2) is 28.0 Å². The quantitative estimate of drug-likeness (QED) is 0.800. The molecule has 5 nitrogen and oxygen atoms in total. The van der Waals surface area contributed by atoms with Gasteiger partial charge in [-0.25, -0.2) is 9.48 Å². The summed E-state index contributed by atoms with van der Waals surface area (Å²) in [6.45, 7) is 1.98. The number of aromatic nitrogens is 2. The number of hydrogen-bond donors (Lipinski definition) is 1. The monoisotopic (exact) mass is 308 g/mol. The standard InChI is InChI=1S/C18H16N2O3/c1-12-6-8-14(9-7-12)20-17(18(21)22)11-16(19-20)13-4-3-5-15(10-13)23-2/h3-11H,1-2H3,(H,21,22). The topological polar surface area (TPSA) is 64.3 Å². The first-order chi connectivity index (χ1) is 11.1. The zero-order valence-electron chi connectivity index (χ0n) is 12.9. The van der Waals surface area contributed by atoms with Crippen LogP contribution in [0.25, 0.3) is 16.9 Å². The summed E-state index contributed by atoms with van der Waals surface area (Å²) < 4.78 is 6.65. The molecule has 23 heavy (non-hydrogen) atoms. The molecular weight excluding hydrogens is 292 g/mol. The molecule has 0 fully saturated rings. The summed E-state index contributed by atoms with van der Waals surface area (Å²) in [4.78, 5) is 11.5. The van der Waals surface area contributed by atoms with Crippen molar-refractivity contribution in [3.63, 3.8) is 0 Å². The Labute approximate surface area is 133 Å². The number of aryl methyl sites for hydroxylation is 1. The summed E-state index contributed by atoms with van der Waals surface area (Å²) in [5.41, 5.74) is 3.32. The van der Waals surface area contributed by atoms with Gasteiger partial charge < -0.3 is 9.84 Å². The lowest BCUT2D eigenvalue weighted by Crippen LogP contribution is -2.07. The van der Waals surface area contributed by atoms with Gasteiger partial charge in [0.2, 0.25) is 0 Å². The van der Waals surface area contributed by atoms with E-state index in [-0.39, 0.29) is 5.69 Å². The number of carbonyl (C=O) groups is 1. The van der Waals surface area contributed by atoms with Gasteiger partial charge in [0.05, 0.1) is 18.5 Å². The van der Waals surface area contributed by atoms with Crippen LogP contribution in [0.5, 0.6) is 5.75 Å². The van der Waals surface area contributed by atoms with Gasteiger partial charge in [-0.2, -0.15) is 5.10 Å². The molecular formula is C18H16N2O3. The highest BCUT2D eigenvalue weighted by Crippen LogP contribution is 2.25. The van der Waals surface area contributed by atoms with Gasteiger partial charge in [-0.3, -0.25) is 0 Å². The molecule has 1 N–H and O–H groups in total. The van der Waals surface area contributed by atoms with Gasteiger partial charge >= 0.3 is 5.97 Å². The van der Waals surface area contributed by atoms with Crippen molar-refractivity contribution in [1.82, 2.24) is 9.78 Å². The highest BCUT2D eigenvalue weighted by atomic mass is 16.5. The van der Waals surface area contributed by atoms with Crippen molar-refractivity contribution >= 4 is 5.97 Å². The Bertz CT molecular complexity index is 851. The summed E-state index contributed by atoms with van der Waals surface area (Å²) in [5.74, 6) is -0.323. The van der Waals surface area contributed by atoms with E-state index in [1.165, 1.54) is 4.68 Å². The first-order valence-electron chi connectivity index (χ1n) is 7.13. The number of hydrogen-bond acceptors (Lipinski definition) is 3. The smallest absolute Gasteiger partial charge is 0.354 e. The van der Waals surface area contributed by atoms with E-state index in [0.717, 1.165) is 11.1 Å². The van der Waals surface area contributed by atoms with E-state index in [0.29, 0.717) is 17.1 Å². The second kappa shape index (κ2) is 5.96. The van der Waals surface area contributed by atoms with E-state index in [2.05, 4.69) is 5.10 Å². The molecule has 1 heterocycles. The van der Waals surface area contributed by atoms with Crippen LogP contribution in [0, 0.1) is 6.92 Å². The van der Waals surface area contributed by atoms with Gasteiger partial charge in [-0.1, -0.05) is 29.8 Å². The van der Waals surface area contributed by atoms with Crippen LogP contribution in [0.3, 0.4) is 0 Å². The van der Waals surface area contributed by atoms with Crippen molar-refractivity contribution in [1.29, 1.82) is 0 Å². The van der Waals surface area contributed by atoms with Crippen LogP contribution >= 0.6 is 0 Å². The lowest BCUT2D eigenvalue weighted by Gasteiger charge is -2.05. The molecule has 0 aliphatic heterocycles. The third-order valence-electron chi connectivity index (χ3n) is 3.57. The Hall–Kier alpha value is -3.08. The lowest BCUT2D eigenvalue weighted by atomic mass is 10.1. The molecule has 0 amide bonds. The highest BCUT2D eigenvalue weighted by Gasteiger charge is 2.16. The lowest BCUT2D eigenvalue weighted by molar-refractivity contribution is 0.0687. The molecule has 0 bridgehead atoms. The van der Waals surface area contributed by atoms with Crippen molar-refractivity contribution < 1.29 is 14.6 Å². The Kier molecular flexibility index (Phi) is 3.85. The van der Waals surface area contributed by atoms with Crippen LogP contribution < -0.4 is 4.74 Å². The summed E-state index contributed by atoms with van der Waals surface area (Å²) in [6, 6.07) is 16.5. The van der Waals surface area contributed by atoms with E-state index >= 15 is 0 Å². The molecule has 0 spiro atoms. The minimum absolute atomic E-state index is 0.117. The summed E-state index contributed by atoms with van der Waals surface area (Å²) in [7, 11) is 1.59. The van der Waals surface area contributed by atoms with Crippen molar-refractivity contribution in [3.8, 4) is 22.7 Å². The molecule has 0 atom stereocenters. The van der Waals surface area contributed by atoms with Gasteiger partial charge in [-0.05, 0) is 37.3 Å². The van der Waals surface area contributed by atoms with Crippen LogP contribution in [0.2, 0.25) is 0 Å². The molecule has 3 rings (SSSR count). The maximum Gasteiger partial charge on any atom is 0.354 e. The van der Waals surface area contributed by atoms with E-state index in [9.17, 15) is 9.90 Å². The third-order valence-corrected chi connectivity index (χ3v) is 3.57. The number of carboxylic acid groups (broad SMARTS) is 1. The molecule has 0 aliphatic rings. The Morgan fingerprint density at radius 2 is 1.87 bits per heavy atom. The number of benzene rings is 2. The van der Waals surface area contributed by atoms with Gasteiger partial charge in [0.25, 0.3) is 0 Å². The van der Waals surface area contributed by atoms with Gasteiger partial charge in [0, 0.05) is 5.56 Å². The fourth-order valence-electron chi connectivity index (χ4n) is 2.34. The van der Waals surface area contributed by atoms with Crippen molar-refractivity contribution in [3.05, 3.63) is 65.9 Å². The Morgan fingerprint density at radius 3 is 2.52 bits per heavy atom. The van der Waals surface area contributed by atoms with Crippen molar-refractivity contribution in [2.24, 2.45) is 0 Å². The van der Waals surface area contributed by atoms with Gasteiger partial charge in [0.1, 0.15) is 5.75 Å². The second-order valence-electron chi connectivity index (χ2n) is 5.20. The number of carboxylic acids is 1.